The molecule has 1 heterocycles. The maximum absolute atomic E-state index is 11.8. The minimum absolute atomic E-state index is 0.0468. The fraction of sp³-hybridized carbons (Fsp3) is 0.533. The van der Waals surface area contributed by atoms with E-state index in [1.165, 1.54) is 0 Å². The molecule has 1 saturated heterocycles. The van der Waals surface area contributed by atoms with Crippen molar-refractivity contribution in [3.05, 3.63) is 29.8 Å². The van der Waals surface area contributed by atoms with Gasteiger partial charge in [0, 0.05) is 12.6 Å². The minimum atomic E-state index is -0.375. The zero-order valence-corrected chi connectivity index (χ0v) is 11.8. The van der Waals surface area contributed by atoms with Crippen LogP contribution < -0.4 is 15.4 Å². The van der Waals surface area contributed by atoms with E-state index < -0.39 is 0 Å². The second-order valence-electron chi connectivity index (χ2n) is 6.00. The van der Waals surface area contributed by atoms with Crippen LogP contribution in [0.4, 0.5) is 4.79 Å². The van der Waals surface area contributed by atoms with Gasteiger partial charge < -0.3 is 15.4 Å². The van der Waals surface area contributed by atoms with Gasteiger partial charge in [-0.2, -0.15) is 0 Å². The first-order valence-electron chi connectivity index (χ1n) is 6.75. The molecule has 1 aliphatic rings. The van der Waals surface area contributed by atoms with Gasteiger partial charge in [0.2, 0.25) is 0 Å². The van der Waals surface area contributed by atoms with E-state index in [9.17, 15) is 4.79 Å². The maximum atomic E-state index is 11.8. The summed E-state index contributed by atoms with van der Waals surface area (Å²) < 4.78 is 5.33. The Morgan fingerprint density at radius 1 is 1.42 bits per heavy atom. The molecule has 1 atom stereocenters. The van der Waals surface area contributed by atoms with Crippen molar-refractivity contribution in [2.45, 2.75) is 38.6 Å². The Kier molecular flexibility index (Phi) is 4.10. The summed E-state index contributed by atoms with van der Waals surface area (Å²) in [5.41, 5.74) is 1.20. The molecule has 2 rings (SSSR count). The highest BCUT2D eigenvalue weighted by atomic mass is 16.6. The molecule has 4 nitrogen and oxygen atoms in total. The van der Waals surface area contributed by atoms with Crippen LogP contribution in [0.3, 0.4) is 0 Å². The summed E-state index contributed by atoms with van der Waals surface area (Å²) in [6.45, 7) is 8.17. The highest BCUT2D eigenvalue weighted by Crippen LogP contribution is 2.25. The lowest BCUT2D eigenvalue weighted by molar-refractivity contribution is 0.196. The van der Waals surface area contributed by atoms with Crippen molar-refractivity contribution >= 4 is 6.09 Å². The maximum Gasteiger partial charge on any atom is 0.412 e. The van der Waals surface area contributed by atoms with E-state index in [-0.39, 0.29) is 17.6 Å². The predicted molar refractivity (Wildman–Crippen MR) is 75.6 cm³/mol. The van der Waals surface area contributed by atoms with E-state index in [1.54, 1.807) is 0 Å². The molecule has 0 saturated carbocycles. The number of hydrogen-bond acceptors (Lipinski definition) is 3. The van der Waals surface area contributed by atoms with Crippen LogP contribution in [0.15, 0.2) is 24.3 Å². The topological polar surface area (TPSA) is 50.4 Å². The van der Waals surface area contributed by atoms with Gasteiger partial charge in [0.05, 0.1) is 0 Å². The largest absolute Gasteiger partial charge is 0.412 e. The molecular formula is C15H22N2O2. The molecule has 1 aromatic rings. The Balaban J connectivity index is 1.96. The smallest absolute Gasteiger partial charge is 0.410 e. The van der Waals surface area contributed by atoms with Crippen LogP contribution in [0.25, 0.3) is 0 Å². The zero-order chi connectivity index (χ0) is 13.9. The van der Waals surface area contributed by atoms with Crippen LogP contribution in [0.5, 0.6) is 5.75 Å². The first-order chi connectivity index (χ1) is 8.95. The Labute approximate surface area is 114 Å². The number of carbonyl (C=O) groups is 1. The molecule has 2 N–H and O–H groups in total. The number of benzene rings is 1. The zero-order valence-electron chi connectivity index (χ0n) is 11.8. The van der Waals surface area contributed by atoms with Crippen LogP contribution in [0.1, 0.15) is 32.8 Å². The molecule has 1 fully saturated rings. The molecule has 0 spiro atoms. The molecule has 0 aliphatic carbocycles. The first kappa shape index (κ1) is 13.9. The molecule has 0 bridgehead atoms. The lowest BCUT2D eigenvalue weighted by Crippen LogP contribution is -2.38. The van der Waals surface area contributed by atoms with Gasteiger partial charge in [0.15, 0.2) is 0 Å². The summed E-state index contributed by atoms with van der Waals surface area (Å²) in [4.78, 5) is 11.8. The monoisotopic (exact) mass is 262 g/mol. The molecule has 1 unspecified atom stereocenters. The van der Waals surface area contributed by atoms with Crippen LogP contribution in [0, 0.1) is 0 Å². The molecule has 1 aromatic carbocycles. The number of nitrogens with one attached hydrogen (secondary N) is 2. The van der Waals surface area contributed by atoms with Crippen molar-refractivity contribution in [1.29, 1.82) is 0 Å². The second-order valence-corrected chi connectivity index (χ2v) is 6.00. The number of carbonyl (C=O) groups excluding carboxylic acids is 1. The summed E-state index contributed by atoms with van der Waals surface area (Å²) in [7, 11) is 0. The van der Waals surface area contributed by atoms with Crippen molar-refractivity contribution in [3.63, 3.8) is 0 Å². The second kappa shape index (κ2) is 5.61. The molecule has 0 radical (unpaired) electrons. The average Bonchev–Trinajstić information content (AvgIpc) is 2.80. The SMILES string of the molecule is CC(C)(C)c1cccc(OC(=O)NC2CCNC2)c1. The molecule has 1 aliphatic heterocycles. The van der Waals surface area contributed by atoms with E-state index in [4.69, 9.17) is 4.74 Å². The van der Waals surface area contributed by atoms with E-state index >= 15 is 0 Å². The Bertz CT molecular complexity index is 446. The highest BCUT2D eigenvalue weighted by molar-refractivity contribution is 5.70. The van der Waals surface area contributed by atoms with Gasteiger partial charge in [0.25, 0.3) is 0 Å². The van der Waals surface area contributed by atoms with Gasteiger partial charge in [-0.3, -0.25) is 0 Å². The van der Waals surface area contributed by atoms with Gasteiger partial charge >= 0.3 is 6.09 Å². The van der Waals surface area contributed by atoms with Crippen LogP contribution in [-0.4, -0.2) is 25.2 Å². The molecule has 104 valence electrons. The van der Waals surface area contributed by atoms with Gasteiger partial charge in [0.1, 0.15) is 5.75 Å². The molecule has 19 heavy (non-hydrogen) atoms. The number of rotatable bonds is 2. The highest BCUT2D eigenvalue weighted by Gasteiger charge is 2.18. The normalized spacial score (nSPS) is 19.2. The van der Waals surface area contributed by atoms with Crippen LogP contribution >= 0.6 is 0 Å². The van der Waals surface area contributed by atoms with E-state index in [0.717, 1.165) is 25.1 Å². The van der Waals surface area contributed by atoms with Gasteiger partial charge in [-0.1, -0.05) is 32.9 Å². The van der Waals surface area contributed by atoms with Crippen molar-refractivity contribution in [1.82, 2.24) is 10.6 Å². The van der Waals surface area contributed by atoms with Crippen LogP contribution in [-0.2, 0) is 5.41 Å². The number of hydrogen-bond donors (Lipinski definition) is 2. The summed E-state index contributed by atoms with van der Waals surface area (Å²) >= 11 is 0. The summed E-state index contributed by atoms with van der Waals surface area (Å²) in [5, 5.41) is 6.06. The lowest BCUT2D eigenvalue weighted by Gasteiger charge is -2.19. The predicted octanol–water partition coefficient (Wildman–Crippen LogP) is 2.43. The van der Waals surface area contributed by atoms with E-state index in [2.05, 4.69) is 31.4 Å². The minimum Gasteiger partial charge on any atom is -0.410 e. The van der Waals surface area contributed by atoms with Gasteiger partial charge in [-0.15, -0.1) is 0 Å². The third-order valence-corrected chi connectivity index (χ3v) is 3.29. The Morgan fingerprint density at radius 2 is 2.21 bits per heavy atom. The Morgan fingerprint density at radius 3 is 2.84 bits per heavy atom. The summed E-state index contributed by atoms with van der Waals surface area (Å²) in [6, 6.07) is 7.87. The van der Waals surface area contributed by atoms with Gasteiger partial charge in [-0.05, 0) is 36.1 Å². The summed E-state index contributed by atoms with van der Waals surface area (Å²) in [6.07, 6.45) is 0.580. The first-order valence-corrected chi connectivity index (χ1v) is 6.75. The number of ether oxygens (including phenoxy) is 1. The van der Waals surface area contributed by atoms with Crippen LogP contribution in [0.2, 0.25) is 0 Å². The standard InChI is InChI=1S/C15H22N2O2/c1-15(2,3)11-5-4-6-13(9-11)19-14(18)17-12-7-8-16-10-12/h4-6,9,12,16H,7-8,10H2,1-3H3,(H,17,18). The van der Waals surface area contributed by atoms with Crippen molar-refractivity contribution in [2.24, 2.45) is 0 Å². The third kappa shape index (κ3) is 3.96. The third-order valence-electron chi connectivity index (χ3n) is 3.29. The average molecular weight is 262 g/mol. The van der Waals surface area contributed by atoms with Gasteiger partial charge in [-0.25, -0.2) is 4.79 Å². The van der Waals surface area contributed by atoms with Crippen molar-refractivity contribution in [3.8, 4) is 5.75 Å². The fourth-order valence-corrected chi connectivity index (χ4v) is 2.11. The molecular weight excluding hydrogens is 240 g/mol. The molecule has 1 amide bonds. The fourth-order valence-electron chi connectivity index (χ4n) is 2.11. The Hall–Kier alpha value is -1.55. The summed E-state index contributed by atoms with van der Waals surface area (Å²) in [5.74, 6) is 0.593. The molecule has 4 heteroatoms. The van der Waals surface area contributed by atoms with E-state index in [1.807, 2.05) is 24.3 Å². The van der Waals surface area contributed by atoms with E-state index in [0.29, 0.717) is 5.75 Å². The lowest BCUT2D eigenvalue weighted by atomic mass is 9.87. The van der Waals surface area contributed by atoms with Crippen molar-refractivity contribution < 1.29 is 9.53 Å². The quantitative estimate of drug-likeness (QED) is 0.860. The number of amides is 1. The molecule has 0 aromatic heterocycles. The van der Waals surface area contributed by atoms with Crippen molar-refractivity contribution in [2.75, 3.05) is 13.1 Å².